The highest BCUT2D eigenvalue weighted by Gasteiger charge is 2.46. The Hall–Kier alpha value is -2.50. The van der Waals surface area contributed by atoms with E-state index in [0.717, 1.165) is 66.3 Å². The first-order valence-corrected chi connectivity index (χ1v) is 13.5. The molecule has 1 aromatic carbocycles. The number of benzene rings is 1. The molecule has 0 spiro atoms. The molecule has 4 N–H and O–H groups in total. The molecule has 0 aliphatic heterocycles. The lowest BCUT2D eigenvalue weighted by Gasteiger charge is -2.37. The van der Waals surface area contributed by atoms with Gasteiger partial charge in [0.2, 0.25) is 5.91 Å². The fourth-order valence-corrected chi connectivity index (χ4v) is 6.02. The van der Waals surface area contributed by atoms with Crippen LogP contribution in [0.3, 0.4) is 0 Å². The van der Waals surface area contributed by atoms with Crippen molar-refractivity contribution in [2.45, 2.75) is 75.3 Å². The minimum atomic E-state index is -0.389. The lowest BCUT2D eigenvalue weighted by Crippen LogP contribution is -2.51. The van der Waals surface area contributed by atoms with Gasteiger partial charge in [-0.25, -0.2) is 15.0 Å². The third kappa shape index (κ3) is 5.01. The highest BCUT2D eigenvalue weighted by Crippen LogP contribution is 2.39. The van der Waals surface area contributed by atoms with Crippen LogP contribution in [0.4, 0.5) is 5.13 Å². The van der Waals surface area contributed by atoms with Gasteiger partial charge in [-0.2, -0.15) is 0 Å². The van der Waals surface area contributed by atoms with E-state index in [1.54, 1.807) is 12.4 Å². The SMILES string of the molecule is O=C(Nc1nc2ccc(-c3cnc(CO[C@H]4CCC[C@@H]4O)nc3)cc2s1)C1CC(NC2(CO)CC2)C1. The average molecular weight is 510 g/mol. The third-order valence-corrected chi connectivity index (χ3v) is 8.61. The Kier molecular flexibility index (Phi) is 6.47. The molecule has 3 aliphatic rings. The summed E-state index contributed by atoms with van der Waals surface area (Å²) >= 11 is 1.46. The van der Waals surface area contributed by atoms with E-state index in [-0.39, 0.29) is 36.2 Å². The Balaban J connectivity index is 1.05. The predicted molar refractivity (Wildman–Crippen MR) is 136 cm³/mol. The van der Waals surface area contributed by atoms with E-state index in [0.29, 0.717) is 23.6 Å². The normalized spacial score (nSPS) is 26.6. The van der Waals surface area contributed by atoms with Crippen LogP contribution in [0.5, 0.6) is 0 Å². The van der Waals surface area contributed by atoms with Crippen molar-refractivity contribution >= 4 is 32.6 Å². The van der Waals surface area contributed by atoms with Gasteiger partial charge in [-0.15, -0.1) is 0 Å². The number of anilines is 1. The first-order chi connectivity index (χ1) is 17.5. The Bertz CT molecular complexity index is 1240. The van der Waals surface area contributed by atoms with Crippen molar-refractivity contribution in [2.75, 3.05) is 11.9 Å². The molecule has 3 fully saturated rings. The number of aromatic nitrogens is 3. The molecule has 1 amide bonds. The van der Waals surface area contributed by atoms with Gasteiger partial charge in [0.05, 0.1) is 29.0 Å². The maximum atomic E-state index is 12.7. The molecular weight excluding hydrogens is 478 g/mol. The fourth-order valence-electron chi connectivity index (χ4n) is 5.11. The minimum Gasteiger partial charge on any atom is -0.394 e. The van der Waals surface area contributed by atoms with Gasteiger partial charge >= 0.3 is 0 Å². The van der Waals surface area contributed by atoms with E-state index in [1.807, 2.05) is 18.2 Å². The number of aliphatic hydroxyl groups excluding tert-OH is 2. The summed E-state index contributed by atoms with van der Waals surface area (Å²) in [6, 6.07) is 6.28. The Morgan fingerprint density at radius 1 is 1.17 bits per heavy atom. The summed E-state index contributed by atoms with van der Waals surface area (Å²) in [5, 5.41) is 26.5. The van der Waals surface area contributed by atoms with Gasteiger partial charge in [0, 0.05) is 35.5 Å². The summed E-state index contributed by atoms with van der Waals surface area (Å²) in [4.78, 5) is 26.1. The molecule has 3 saturated carbocycles. The molecule has 9 nitrogen and oxygen atoms in total. The number of amides is 1. The van der Waals surface area contributed by atoms with Gasteiger partial charge in [-0.3, -0.25) is 4.79 Å². The quantitative estimate of drug-likeness (QED) is 0.346. The summed E-state index contributed by atoms with van der Waals surface area (Å²) in [7, 11) is 0. The van der Waals surface area contributed by atoms with E-state index < -0.39 is 0 Å². The molecule has 190 valence electrons. The zero-order valence-corrected chi connectivity index (χ0v) is 20.8. The first-order valence-electron chi connectivity index (χ1n) is 12.7. The number of thiazole rings is 1. The Morgan fingerprint density at radius 3 is 2.67 bits per heavy atom. The third-order valence-electron chi connectivity index (χ3n) is 7.68. The molecule has 2 aromatic heterocycles. The molecule has 0 bridgehead atoms. The highest BCUT2D eigenvalue weighted by atomic mass is 32.1. The van der Waals surface area contributed by atoms with Crippen molar-refractivity contribution in [1.29, 1.82) is 0 Å². The number of aliphatic hydroxyl groups is 2. The number of nitrogens with one attached hydrogen (secondary N) is 2. The van der Waals surface area contributed by atoms with Gasteiger partial charge in [0.1, 0.15) is 6.61 Å². The van der Waals surface area contributed by atoms with Crippen LogP contribution < -0.4 is 10.6 Å². The topological polar surface area (TPSA) is 129 Å². The molecular formula is C26H31N5O4S. The van der Waals surface area contributed by atoms with Crippen LogP contribution in [0.15, 0.2) is 30.6 Å². The monoisotopic (exact) mass is 509 g/mol. The van der Waals surface area contributed by atoms with Crippen molar-refractivity contribution in [1.82, 2.24) is 20.3 Å². The van der Waals surface area contributed by atoms with Crippen LogP contribution in [0.25, 0.3) is 21.3 Å². The van der Waals surface area contributed by atoms with E-state index >= 15 is 0 Å². The van der Waals surface area contributed by atoms with Gasteiger partial charge in [-0.05, 0) is 62.6 Å². The molecule has 0 saturated heterocycles. The van der Waals surface area contributed by atoms with Gasteiger partial charge < -0.3 is 25.6 Å². The molecule has 3 aromatic rings. The van der Waals surface area contributed by atoms with Crippen LogP contribution in [0.2, 0.25) is 0 Å². The lowest BCUT2D eigenvalue weighted by molar-refractivity contribution is -0.123. The van der Waals surface area contributed by atoms with Gasteiger partial charge in [0.15, 0.2) is 11.0 Å². The van der Waals surface area contributed by atoms with Gasteiger partial charge in [-0.1, -0.05) is 17.4 Å². The molecule has 36 heavy (non-hydrogen) atoms. The zero-order valence-electron chi connectivity index (χ0n) is 20.0. The lowest BCUT2D eigenvalue weighted by atomic mass is 9.79. The van der Waals surface area contributed by atoms with E-state index in [1.165, 1.54) is 11.3 Å². The molecule has 2 heterocycles. The maximum Gasteiger partial charge on any atom is 0.229 e. The summed E-state index contributed by atoms with van der Waals surface area (Å²) in [6.07, 6.45) is 9.33. The zero-order chi connectivity index (χ0) is 24.7. The Labute approximate surface area is 213 Å². The van der Waals surface area contributed by atoms with Crippen molar-refractivity contribution in [2.24, 2.45) is 5.92 Å². The standard InChI is InChI=1S/C26H31N5O4S/c32-14-26(6-7-26)31-18-8-16(9-18)24(34)30-25-29-19-5-4-15(10-22(19)36-25)17-11-27-23(28-12-17)13-35-21-3-1-2-20(21)33/h4-5,10-12,16,18,20-21,31-33H,1-3,6-9,13-14H2,(H,29,30,34)/t16?,18?,20-,21-/m0/s1. The number of carbonyl (C=O) groups is 1. The predicted octanol–water partition coefficient (Wildman–Crippen LogP) is 3.01. The number of ether oxygens (including phenoxy) is 1. The summed E-state index contributed by atoms with van der Waals surface area (Å²) < 4.78 is 6.76. The molecule has 6 rings (SSSR count). The number of hydrogen-bond donors (Lipinski definition) is 4. The first kappa shape index (κ1) is 23.9. The summed E-state index contributed by atoms with van der Waals surface area (Å²) in [5.74, 6) is 0.590. The van der Waals surface area contributed by atoms with Crippen LogP contribution >= 0.6 is 11.3 Å². The van der Waals surface area contributed by atoms with Gasteiger partial charge in [0.25, 0.3) is 0 Å². The number of rotatable bonds is 9. The van der Waals surface area contributed by atoms with E-state index in [4.69, 9.17) is 4.74 Å². The van der Waals surface area contributed by atoms with Crippen LogP contribution in [-0.2, 0) is 16.1 Å². The highest BCUT2D eigenvalue weighted by molar-refractivity contribution is 7.22. The number of carbonyl (C=O) groups excluding carboxylic acids is 1. The summed E-state index contributed by atoms with van der Waals surface area (Å²) in [6.45, 7) is 0.462. The van der Waals surface area contributed by atoms with Crippen molar-refractivity contribution in [3.05, 3.63) is 36.4 Å². The van der Waals surface area contributed by atoms with Crippen LogP contribution in [-0.4, -0.2) is 61.5 Å². The largest absolute Gasteiger partial charge is 0.394 e. The van der Waals surface area contributed by atoms with Crippen molar-refractivity contribution < 1.29 is 19.7 Å². The maximum absolute atomic E-state index is 12.7. The second-order valence-electron chi connectivity index (χ2n) is 10.4. The van der Waals surface area contributed by atoms with Crippen molar-refractivity contribution in [3.63, 3.8) is 0 Å². The fraction of sp³-hybridized carbons (Fsp3) is 0.538. The number of nitrogens with zero attached hydrogens (tertiary/aromatic N) is 3. The van der Waals surface area contributed by atoms with Crippen LogP contribution in [0.1, 0.15) is 50.8 Å². The minimum absolute atomic E-state index is 0.0116. The molecule has 10 heteroatoms. The number of hydrogen-bond acceptors (Lipinski definition) is 9. The molecule has 0 unspecified atom stereocenters. The molecule has 2 atom stereocenters. The Morgan fingerprint density at radius 2 is 1.97 bits per heavy atom. The average Bonchev–Trinajstić information content (AvgIpc) is 3.34. The van der Waals surface area contributed by atoms with E-state index in [2.05, 4.69) is 25.6 Å². The van der Waals surface area contributed by atoms with E-state index in [9.17, 15) is 15.0 Å². The second kappa shape index (κ2) is 9.75. The molecule has 0 radical (unpaired) electrons. The van der Waals surface area contributed by atoms with Crippen molar-refractivity contribution in [3.8, 4) is 11.1 Å². The van der Waals surface area contributed by atoms with Crippen LogP contribution in [0, 0.1) is 5.92 Å². The smallest absolute Gasteiger partial charge is 0.229 e. The number of fused-ring (bicyclic) bond motifs is 1. The summed E-state index contributed by atoms with van der Waals surface area (Å²) in [5.41, 5.74) is 2.62. The second-order valence-corrected chi connectivity index (χ2v) is 11.4. The molecule has 3 aliphatic carbocycles.